The van der Waals surface area contributed by atoms with E-state index in [-0.39, 0.29) is 29.9 Å². The van der Waals surface area contributed by atoms with Gasteiger partial charge in [-0.2, -0.15) is 0 Å². The molecule has 3 rings (SSSR count). The molecule has 2 N–H and O–H groups in total. The first-order valence-corrected chi connectivity index (χ1v) is 9.22. The minimum absolute atomic E-state index is 0.137. The Bertz CT molecular complexity index is 932. The highest BCUT2D eigenvalue weighted by Gasteiger charge is 2.26. The van der Waals surface area contributed by atoms with Crippen LogP contribution < -0.4 is 10.6 Å². The molecule has 2 aromatic carbocycles. The van der Waals surface area contributed by atoms with Crippen LogP contribution in [0.2, 0.25) is 0 Å². The van der Waals surface area contributed by atoms with Crippen molar-refractivity contribution in [1.29, 1.82) is 0 Å². The summed E-state index contributed by atoms with van der Waals surface area (Å²) >= 11 is 0. The Morgan fingerprint density at radius 1 is 1.07 bits per heavy atom. The van der Waals surface area contributed by atoms with Crippen LogP contribution in [0.3, 0.4) is 0 Å². The predicted octanol–water partition coefficient (Wildman–Crippen LogP) is 1.25. The van der Waals surface area contributed by atoms with Crippen LogP contribution in [0.15, 0.2) is 54.6 Å². The summed E-state index contributed by atoms with van der Waals surface area (Å²) in [5, 5.41) is 15.2. The van der Waals surface area contributed by atoms with Gasteiger partial charge in [0.25, 0.3) is 5.69 Å². The van der Waals surface area contributed by atoms with Gasteiger partial charge in [0.05, 0.1) is 24.6 Å². The Morgan fingerprint density at radius 3 is 2.43 bits per heavy atom. The van der Waals surface area contributed by atoms with E-state index in [9.17, 15) is 24.5 Å². The molecular weight excluding hydrogens is 392 g/mol. The van der Waals surface area contributed by atoms with Crippen LogP contribution in [-0.2, 0) is 19.1 Å². The summed E-state index contributed by atoms with van der Waals surface area (Å²) in [5.74, 6) is -2.27. The van der Waals surface area contributed by atoms with E-state index in [1.165, 1.54) is 24.3 Å². The molecule has 1 fully saturated rings. The van der Waals surface area contributed by atoms with Gasteiger partial charge in [0.1, 0.15) is 6.10 Å². The SMILES string of the molecule is O=C(NCC(=O)N1CCOC(c2ccccc2)C1)C(=O)Nc1ccc([N+](=O)[O-])cc1. The molecule has 0 aliphatic carbocycles. The number of carbonyl (C=O) groups excluding carboxylic acids is 3. The van der Waals surface area contributed by atoms with Gasteiger partial charge in [-0.1, -0.05) is 30.3 Å². The van der Waals surface area contributed by atoms with Crippen molar-refractivity contribution >= 4 is 29.1 Å². The fraction of sp³-hybridized carbons (Fsp3) is 0.250. The first-order chi connectivity index (χ1) is 14.4. The Kier molecular flexibility index (Phi) is 6.71. The minimum Gasteiger partial charge on any atom is -0.370 e. The predicted molar refractivity (Wildman–Crippen MR) is 106 cm³/mol. The average molecular weight is 412 g/mol. The van der Waals surface area contributed by atoms with Crippen molar-refractivity contribution < 1.29 is 24.0 Å². The van der Waals surface area contributed by atoms with Gasteiger partial charge in [0.15, 0.2) is 0 Å². The third kappa shape index (κ3) is 5.39. The molecule has 0 spiro atoms. The quantitative estimate of drug-likeness (QED) is 0.432. The van der Waals surface area contributed by atoms with Crippen LogP contribution in [0.25, 0.3) is 0 Å². The molecule has 2 aromatic rings. The molecule has 10 heteroatoms. The lowest BCUT2D eigenvalue weighted by Crippen LogP contribution is -2.48. The Hall–Kier alpha value is -3.79. The van der Waals surface area contributed by atoms with Gasteiger partial charge >= 0.3 is 11.8 Å². The Labute approximate surface area is 172 Å². The number of carbonyl (C=O) groups is 3. The van der Waals surface area contributed by atoms with E-state index in [0.29, 0.717) is 19.7 Å². The van der Waals surface area contributed by atoms with Gasteiger partial charge in [-0.05, 0) is 17.7 Å². The van der Waals surface area contributed by atoms with Crippen molar-refractivity contribution in [3.05, 3.63) is 70.3 Å². The zero-order valence-electron chi connectivity index (χ0n) is 15.9. The average Bonchev–Trinajstić information content (AvgIpc) is 2.78. The molecule has 1 heterocycles. The summed E-state index contributed by atoms with van der Waals surface area (Å²) < 4.78 is 5.71. The molecule has 3 amide bonds. The monoisotopic (exact) mass is 412 g/mol. The van der Waals surface area contributed by atoms with Crippen molar-refractivity contribution in [2.75, 3.05) is 31.6 Å². The van der Waals surface area contributed by atoms with Crippen molar-refractivity contribution in [2.45, 2.75) is 6.10 Å². The molecule has 156 valence electrons. The molecule has 0 bridgehead atoms. The van der Waals surface area contributed by atoms with Crippen molar-refractivity contribution in [1.82, 2.24) is 10.2 Å². The number of hydrogen-bond donors (Lipinski definition) is 2. The standard InChI is InChI=1S/C20H20N4O6/c25-18(23-10-11-30-17(13-23)14-4-2-1-3-5-14)12-21-19(26)20(27)22-15-6-8-16(9-7-15)24(28)29/h1-9,17H,10-13H2,(H,21,26)(H,22,27). The molecule has 0 aromatic heterocycles. The molecule has 1 aliphatic heterocycles. The number of benzene rings is 2. The maximum atomic E-state index is 12.4. The van der Waals surface area contributed by atoms with Crippen molar-refractivity contribution in [2.24, 2.45) is 0 Å². The van der Waals surface area contributed by atoms with Crippen LogP contribution in [0.5, 0.6) is 0 Å². The number of nitro benzene ring substituents is 1. The van der Waals surface area contributed by atoms with Crippen LogP contribution in [0, 0.1) is 10.1 Å². The zero-order chi connectivity index (χ0) is 21.5. The van der Waals surface area contributed by atoms with E-state index in [4.69, 9.17) is 4.74 Å². The molecule has 1 saturated heterocycles. The van der Waals surface area contributed by atoms with Crippen molar-refractivity contribution in [3.63, 3.8) is 0 Å². The minimum atomic E-state index is -0.977. The van der Waals surface area contributed by atoms with Crippen LogP contribution in [0.4, 0.5) is 11.4 Å². The highest BCUT2D eigenvalue weighted by atomic mass is 16.6. The van der Waals surface area contributed by atoms with Gasteiger partial charge in [-0.15, -0.1) is 0 Å². The van der Waals surface area contributed by atoms with Crippen LogP contribution in [0.1, 0.15) is 11.7 Å². The number of nitro groups is 1. The van der Waals surface area contributed by atoms with Gasteiger partial charge < -0.3 is 20.3 Å². The number of amides is 3. The zero-order valence-corrected chi connectivity index (χ0v) is 15.9. The molecular formula is C20H20N4O6. The van der Waals surface area contributed by atoms with Gasteiger partial charge in [0, 0.05) is 24.4 Å². The van der Waals surface area contributed by atoms with E-state index in [0.717, 1.165) is 5.56 Å². The van der Waals surface area contributed by atoms with Crippen LogP contribution in [-0.4, -0.2) is 53.8 Å². The second-order valence-corrected chi connectivity index (χ2v) is 6.55. The summed E-state index contributed by atoms with van der Waals surface area (Å²) in [6, 6.07) is 14.6. The second kappa shape index (κ2) is 9.61. The maximum Gasteiger partial charge on any atom is 0.313 e. The fourth-order valence-corrected chi connectivity index (χ4v) is 2.95. The molecule has 0 saturated carbocycles. The molecule has 1 atom stereocenters. The normalized spacial score (nSPS) is 15.9. The summed E-state index contributed by atoms with van der Waals surface area (Å²) in [5.41, 5.74) is 1.05. The number of ether oxygens (including phenoxy) is 1. The van der Waals surface area contributed by atoms with Gasteiger partial charge in [-0.25, -0.2) is 0 Å². The number of hydrogen-bond acceptors (Lipinski definition) is 6. The molecule has 30 heavy (non-hydrogen) atoms. The van der Waals surface area contributed by atoms with E-state index in [1.807, 2.05) is 30.3 Å². The first-order valence-electron chi connectivity index (χ1n) is 9.22. The van der Waals surface area contributed by atoms with E-state index in [1.54, 1.807) is 4.90 Å². The fourth-order valence-electron chi connectivity index (χ4n) is 2.95. The molecule has 1 aliphatic rings. The lowest BCUT2D eigenvalue weighted by Gasteiger charge is -2.33. The Balaban J connectivity index is 1.48. The summed E-state index contributed by atoms with van der Waals surface area (Å²) in [4.78, 5) is 48.0. The lowest BCUT2D eigenvalue weighted by atomic mass is 10.1. The highest BCUT2D eigenvalue weighted by molar-refractivity contribution is 6.39. The van der Waals surface area contributed by atoms with Crippen molar-refractivity contribution in [3.8, 4) is 0 Å². The maximum absolute atomic E-state index is 12.4. The summed E-state index contributed by atoms with van der Waals surface area (Å²) in [7, 11) is 0. The molecule has 1 unspecified atom stereocenters. The third-order valence-electron chi connectivity index (χ3n) is 4.53. The first kappa shape index (κ1) is 20.9. The smallest absolute Gasteiger partial charge is 0.313 e. The second-order valence-electron chi connectivity index (χ2n) is 6.55. The third-order valence-corrected chi connectivity index (χ3v) is 4.53. The van der Waals surface area contributed by atoms with E-state index >= 15 is 0 Å². The van der Waals surface area contributed by atoms with Gasteiger partial charge in [-0.3, -0.25) is 24.5 Å². The number of morpholine rings is 1. The topological polar surface area (TPSA) is 131 Å². The van der Waals surface area contributed by atoms with Crippen LogP contribution >= 0.6 is 0 Å². The number of anilines is 1. The molecule has 10 nitrogen and oxygen atoms in total. The summed E-state index contributed by atoms with van der Waals surface area (Å²) in [6.45, 7) is 0.800. The van der Waals surface area contributed by atoms with Gasteiger partial charge in [0.2, 0.25) is 5.91 Å². The lowest BCUT2D eigenvalue weighted by molar-refractivity contribution is -0.384. The number of rotatable bonds is 5. The summed E-state index contributed by atoms with van der Waals surface area (Å²) in [6.07, 6.45) is -0.245. The number of nitrogens with one attached hydrogen (secondary N) is 2. The van der Waals surface area contributed by atoms with E-state index < -0.39 is 16.7 Å². The number of nitrogens with zero attached hydrogens (tertiary/aromatic N) is 2. The highest BCUT2D eigenvalue weighted by Crippen LogP contribution is 2.21. The van der Waals surface area contributed by atoms with E-state index in [2.05, 4.69) is 10.6 Å². The largest absolute Gasteiger partial charge is 0.370 e. The Morgan fingerprint density at radius 2 is 1.77 bits per heavy atom. The molecule has 0 radical (unpaired) electrons. The number of non-ortho nitro benzene ring substituents is 1.